The van der Waals surface area contributed by atoms with Crippen molar-refractivity contribution in [3.63, 3.8) is 0 Å². The molecule has 0 aliphatic heterocycles. The number of nitrogen functional groups attached to an aromatic ring is 2. The van der Waals surface area contributed by atoms with E-state index in [9.17, 15) is 5.26 Å². The molecule has 4 N–H and O–H groups in total. The average Bonchev–Trinajstić information content (AvgIpc) is 2.67. The molecular formula is C23H25N4OSi+. The van der Waals surface area contributed by atoms with E-state index in [0.717, 1.165) is 16.9 Å². The van der Waals surface area contributed by atoms with Crippen LogP contribution in [-0.2, 0) is 0 Å². The summed E-state index contributed by atoms with van der Waals surface area (Å²) in [6, 6.07) is 19.3. The SMILES string of the molecule is C[Si+](Oc1ccccc1-c1cc(-c2cccc(N)c2)c(C#N)c(N)n1)C(C)(C)C. The van der Waals surface area contributed by atoms with E-state index in [1.807, 2.05) is 48.5 Å². The number of nitriles is 1. The van der Waals surface area contributed by atoms with E-state index in [0.29, 0.717) is 22.5 Å². The average molecular weight is 402 g/mol. The molecule has 0 spiro atoms. The van der Waals surface area contributed by atoms with Crippen LogP contribution in [0.2, 0.25) is 11.6 Å². The van der Waals surface area contributed by atoms with Gasteiger partial charge in [0.05, 0.1) is 12.2 Å². The minimum absolute atomic E-state index is 0.0849. The van der Waals surface area contributed by atoms with Crippen LogP contribution in [0.15, 0.2) is 54.6 Å². The van der Waals surface area contributed by atoms with Gasteiger partial charge in [-0.25, -0.2) is 4.98 Å². The molecule has 0 bridgehead atoms. The second-order valence-electron chi connectivity index (χ2n) is 7.96. The fraction of sp³-hybridized carbons (Fsp3) is 0.217. The number of para-hydroxylation sites is 1. The molecule has 3 aromatic rings. The highest BCUT2D eigenvalue weighted by Crippen LogP contribution is 2.37. The summed E-state index contributed by atoms with van der Waals surface area (Å²) in [5.74, 6) is 0.962. The molecule has 5 nitrogen and oxygen atoms in total. The van der Waals surface area contributed by atoms with E-state index < -0.39 is 9.04 Å². The number of hydrogen-bond acceptors (Lipinski definition) is 5. The van der Waals surface area contributed by atoms with Crippen LogP contribution in [0.4, 0.5) is 11.5 Å². The number of pyridine rings is 1. The fourth-order valence-corrected chi connectivity index (χ4v) is 3.65. The van der Waals surface area contributed by atoms with Crippen LogP contribution >= 0.6 is 0 Å². The van der Waals surface area contributed by atoms with Gasteiger partial charge in [-0.15, -0.1) is 0 Å². The molecule has 3 rings (SSSR count). The number of aromatic nitrogens is 1. The molecule has 0 saturated carbocycles. The van der Waals surface area contributed by atoms with Crippen molar-refractivity contribution in [2.24, 2.45) is 0 Å². The zero-order valence-electron chi connectivity index (χ0n) is 17.2. The number of benzene rings is 2. The van der Waals surface area contributed by atoms with Crippen LogP contribution in [0.25, 0.3) is 22.4 Å². The van der Waals surface area contributed by atoms with Crippen LogP contribution < -0.4 is 15.9 Å². The molecule has 2 aromatic carbocycles. The third-order valence-electron chi connectivity index (χ3n) is 4.84. The molecule has 0 aliphatic rings. The Morgan fingerprint density at radius 3 is 2.38 bits per heavy atom. The molecule has 29 heavy (non-hydrogen) atoms. The molecule has 0 amide bonds. The van der Waals surface area contributed by atoms with Crippen molar-refractivity contribution in [1.29, 1.82) is 5.26 Å². The first-order valence-electron chi connectivity index (χ1n) is 9.38. The number of hydrogen-bond donors (Lipinski definition) is 2. The maximum atomic E-state index is 9.63. The van der Waals surface area contributed by atoms with Crippen molar-refractivity contribution in [2.45, 2.75) is 32.4 Å². The van der Waals surface area contributed by atoms with Gasteiger partial charge < -0.3 is 15.9 Å². The Morgan fingerprint density at radius 2 is 1.72 bits per heavy atom. The first kappa shape index (κ1) is 20.4. The van der Waals surface area contributed by atoms with Crippen LogP contribution in [0.3, 0.4) is 0 Å². The summed E-state index contributed by atoms with van der Waals surface area (Å²) < 4.78 is 6.36. The summed E-state index contributed by atoms with van der Waals surface area (Å²) >= 11 is 0. The minimum atomic E-state index is -1.10. The van der Waals surface area contributed by atoms with Gasteiger partial charge >= 0.3 is 9.04 Å². The Bertz CT molecular complexity index is 1080. The summed E-state index contributed by atoms with van der Waals surface area (Å²) in [4.78, 5) is 4.51. The van der Waals surface area contributed by atoms with Crippen molar-refractivity contribution >= 4 is 20.5 Å². The second-order valence-corrected chi connectivity index (χ2v) is 10.8. The van der Waals surface area contributed by atoms with E-state index in [1.165, 1.54) is 0 Å². The van der Waals surface area contributed by atoms with Gasteiger partial charge in [0, 0.05) is 16.8 Å². The maximum absolute atomic E-state index is 9.63. The highest BCUT2D eigenvalue weighted by molar-refractivity contribution is 6.54. The van der Waals surface area contributed by atoms with Gasteiger partial charge in [-0.05, 0) is 56.7 Å². The Hall–Kier alpha value is -3.30. The molecule has 0 atom stereocenters. The summed E-state index contributed by atoms with van der Waals surface area (Å²) in [5, 5.41) is 9.72. The van der Waals surface area contributed by atoms with Crippen LogP contribution in [0.5, 0.6) is 5.75 Å². The van der Waals surface area contributed by atoms with Crippen molar-refractivity contribution in [3.8, 4) is 34.2 Å². The largest absolute Gasteiger partial charge is 0.544 e. The van der Waals surface area contributed by atoms with Crippen LogP contribution in [0, 0.1) is 11.3 Å². The summed E-state index contributed by atoms with van der Waals surface area (Å²) in [6.45, 7) is 8.69. The van der Waals surface area contributed by atoms with Crippen LogP contribution in [-0.4, -0.2) is 14.0 Å². The lowest BCUT2D eigenvalue weighted by Gasteiger charge is -2.15. The molecule has 1 aromatic heterocycles. The molecule has 0 aliphatic carbocycles. The molecule has 6 heteroatoms. The molecule has 146 valence electrons. The zero-order valence-corrected chi connectivity index (χ0v) is 18.2. The number of nitrogens with zero attached hydrogens (tertiary/aromatic N) is 2. The van der Waals surface area contributed by atoms with Gasteiger partial charge in [0.2, 0.25) is 0 Å². The lowest BCUT2D eigenvalue weighted by molar-refractivity contribution is 0.521. The number of anilines is 2. The predicted molar refractivity (Wildman–Crippen MR) is 121 cm³/mol. The highest BCUT2D eigenvalue weighted by Gasteiger charge is 2.41. The Morgan fingerprint density at radius 1 is 1.00 bits per heavy atom. The van der Waals surface area contributed by atoms with Gasteiger partial charge in [0.1, 0.15) is 22.5 Å². The van der Waals surface area contributed by atoms with E-state index >= 15 is 0 Å². The smallest absolute Gasteiger partial charge is 0.399 e. The molecular weight excluding hydrogens is 376 g/mol. The van der Waals surface area contributed by atoms with E-state index in [2.05, 4.69) is 38.4 Å². The quantitative estimate of drug-likeness (QED) is 0.459. The molecule has 1 heterocycles. The third kappa shape index (κ3) is 4.41. The van der Waals surface area contributed by atoms with Crippen LogP contribution in [0.1, 0.15) is 26.3 Å². The van der Waals surface area contributed by atoms with Crippen molar-refractivity contribution < 1.29 is 4.43 Å². The van der Waals surface area contributed by atoms with E-state index in [-0.39, 0.29) is 10.9 Å². The predicted octanol–water partition coefficient (Wildman–Crippen LogP) is 5.25. The summed E-state index contributed by atoms with van der Waals surface area (Å²) in [6.07, 6.45) is 0. The normalized spacial score (nSPS) is 11.0. The summed E-state index contributed by atoms with van der Waals surface area (Å²) in [5.41, 5.74) is 16.1. The minimum Gasteiger partial charge on any atom is -0.399 e. The first-order chi connectivity index (χ1) is 13.7. The van der Waals surface area contributed by atoms with Gasteiger partial charge in [-0.1, -0.05) is 24.3 Å². The number of nitrogens with two attached hydrogens (primary N) is 2. The van der Waals surface area contributed by atoms with Crippen molar-refractivity contribution in [3.05, 3.63) is 60.2 Å². The molecule has 0 fully saturated rings. The topological polar surface area (TPSA) is 98.0 Å². The third-order valence-corrected chi connectivity index (χ3v) is 7.48. The van der Waals surface area contributed by atoms with Gasteiger partial charge in [-0.2, -0.15) is 5.26 Å². The van der Waals surface area contributed by atoms with Gasteiger partial charge in [-0.3, -0.25) is 0 Å². The highest BCUT2D eigenvalue weighted by atomic mass is 28.3. The first-order valence-corrected chi connectivity index (χ1v) is 11.3. The number of rotatable bonds is 4. The maximum Gasteiger partial charge on any atom is 0.544 e. The second kappa shape index (κ2) is 7.98. The Labute approximate surface area is 173 Å². The van der Waals surface area contributed by atoms with Gasteiger partial charge in [0.25, 0.3) is 0 Å². The van der Waals surface area contributed by atoms with Crippen molar-refractivity contribution in [2.75, 3.05) is 11.5 Å². The summed E-state index contributed by atoms with van der Waals surface area (Å²) in [7, 11) is -1.10. The van der Waals surface area contributed by atoms with E-state index in [1.54, 1.807) is 6.07 Å². The Kier molecular flexibility index (Phi) is 5.62. The molecule has 0 radical (unpaired) electrons. The fourth-order valence-electron chi connectivity index (χ4n) is 2.84. The monoisotopic (exact) mass is 401 g/mol. The van der Waals surface area contributed by atoms with E-state index in [4.69, 9.17) is 15.9 Å². The lowest BCUT2D eigenvalue weighted by atomic mass is 9.98. The van der Waals surface area contributed by atoms with Gasteiger partial charge in [0.15, 0.2) is 5.75 Å². The lowest BCUT2D eigenvalue weighted by Crippen LogP contribution is -2.29. The molecule has 0 unspecified atom stereocenters. The standard InChI is InChI=1S/C23H25N4OSi/c1-23(2,3)29(4)28-21-11-6-5-10-17(21)20-13-18(19(14-24)22(26)27-20)15-8-7-9-16(25)12-15/h5-13H,25H2,1-4H3,(H2,26,27)/q+1. The van der Waals surface area contributed by atoms with Crippen molar-refractivity contribution in [1.82, 2.24) is 4.98 Å². The molecule has 0 saturated heterocycles. The zero-order chi connectivity index (χ0) is 21.2. The Balaban J connectivity index is 2.15.